The van der Waals surface area contributed by atoms with Crippen molar-refractivity contribution in [2.45, 2.75) is 19.8 Å². The van der Waals surface area contributed by atoms with E-state index in [2.05, 4.69) is 24.1 Å². The van der Waals surface area contributed by atoms with Gasteiger partial charge in [0.25, 0.3) is 0 Å². The molecule has 1 heteroatoms. The molecule has 1 aliphatic rings. The van der Waals surface area contributed by atoms with E-state index in [1.807, 2.05) is 12.4 Å². The highest BCUT2D eigenvalue weighted by atomic mass is 14.7. The maximum absolute atomic E-state index is 4.00. The molecule has 0 N–H and O–H groups in total. The molecule has 0 aliphatic carbocycles. The van der Waals surface area contributed by atoms with E-state index in [9.17, 15) is 0 Å². The Kier molecular flexibility index (Phi) is 2.25. The number of allylic oxidation sites excluding steroid dienone is 3. The first-order valence-electron chi connectivity index (χ1n) is 3.23. The van der Waals surface area contributed by atoms with Gasteiger partial charge >= 0.3 is 0 Å². The van der Waals surface area contributed by atoms with Gasteiger partial charge in [-0.05, 0) is 25.8 Å². The lowest BCUT2D eigenvalue weighted by Crippen LogP contribution is -1.79. The SMILES string of the molecule is CC1=CC=NC=CCC1. The van der Waals surface area contributed by atoms with Crippen molar-refractivity contribution >= 4 is 6.21 Å². The summed E-state index contributed by atoms with van der Waals surface area (Å²) in [5, 5.41) is 0. The summed E-state index contributed by atoms with van der Waals surface area (Å²) in [6.45, 7) is 2.13. The second-order valence-electron chi connectivity index (χ2n) is 2.23. The topological polar surface area (TPSA) is 12.4 Å². The van der Waals surface area contributed by atoms with Crippen molar-refractivity contribution in [1.29, 1.82) is 0 Å². The first-order valence-corrected chi connectivity index (χ1v) is 3.23. The van der Waals surface area contributed by atoms with Crippen LogP contribution in [0.2, 0.25) is 0 Å². The molecule has 1 nitrogen and oxygen atoms in total. The fraction of sp³-hybridized carbons (Fsp3) is 0.375. The highest BCUT2D eigenvalue weighted by Gasteiger charge is 1.86. The van der Waals surface area contributed by atoms with Crippen molar-refractivity contribution in [3.8, 4) is 0 Å². The summed E-state index contributed by atoms with van der Waals surface area (Å²) in [6.07, 6.45) is 10.1. The molecule has 0 aromatic rings. The molecule has 1 aliphatic heterocycles. The molecular weight excluding hydrogens is 110 g/mol. The predicted octanol–water partition coefficient (Wildman–Crippen LogP) is 2.31. The van der Waals surface area contributed by atoms with Gasteiger partial charge in [0.05, 0.1) is 0 Å². The Morgan fingerprint density at radius 1 is 1.56 bits per heavy atom. The zero-order valence-electron chi connectivity index (χ0n) is 5.67. The van der Waals surface area contributed by atoms with Gasteiger partial charge in [-0.2, -0.15) is 0 Å². The van der Waals surface area contributed by atoms with Gasteiger partial charge in [0.1, 0.15) is 0 Å². The summed E-state index contributed by atoms with van der Waals surface area (Å²) in [4.78, 5) is 4.00. The van der Waals surface area contributed by atoms with Crippen LogP contribution in [0.15, 0.2) is 28.9 Å². The molecule has 0 amide bonds. The molecule has 48 valence electrons. The van der Waals surface area contributed by atoms with Crippen LogP contribution in [-0.2, 0) is 0 Å². The van der Waals surface area contributed by atoms with E-state index < -0.39 is 0 Å². The Balaban J connectivity index is 2.62. The zero-order valence-corrected chi connectivity index (χ0v) is 5.67. The van der Waals surface area contributed by atoms with Crippen molar-refractivity contribution in [2.75, 3.05) is 0 Å². The van der Waals surface area contributed by atoms with Crippen LogP contribution in [0.1, 0.15) is 19.8 Å². The smallest absolute Gasteiger partial charge is 0.0267 e. The van der Waals surface area contributed by atoms with Crippen LogP contribution in [-0.4, -0.2) is 6.21 Å². The van der Waals surface area contributed by atoms with E-state index in [0.717, 1.165) is 6.42 Å². The highest BCUT2D eigenvalue weighted by Crippen LogP contribution is 2.04. The molecule has 0 atom stereocenters. The maximum atomic E-state index is 4.00. The van der Waals surface area contributed by atoms with Crippen LogP contribution in [0, 0.1) is 0 Å². The van der Waals surface area contributed by atoms with Gasteiger partial charge in [0, 0.05) is 12.4 Å². The van der Waals surface area contributed by atoms with E-state index in [4.69, 9.17) is 0 Å². The summed E-state index contributed by atoms with van der Waals surface area (Å²) < 4.78 is 0. The van der Waals surface area contributed by atoms with Crippen LogP contribution < -0.4 is 0 Å². The number of hydrogen-bond acceptors (Lipinski definition) is 1. The molecule has 0 saturated heterocycles. The third-order valence-corrected chi connectivity index (χ3v) is 1.34. The second-order valence-corrected chi connectivity index (χ2v) is 2.23. The first kappa shape index (κ1) is 6.27. The molecule has 0 spiro atoms. The summed E-state index contributed by atoms with van der Waals surface area (Å²) in [6, 6.07) is 0. The highest BCUT2D eigenvalue weighted by molar-refractivity contribution is 5.72. The van der Waals surface area contributed by atoms with E-state index in [-0.39, 0.29) is 0 Å². The fourth-order valence-corrected chi connectivity index (χ4v) is 0.750. The van der Waals surface area contributed by atoms with Gasteiger partial charge in [-0.25, -0.2) is 0 Å². The number of hydrogen-bond donors (Lipinski definition) is 0. The summed E-state index contributed by atoms with van der Waals surface area (Å²) in [7, 11) is 0. The number of nitrogens with zero attached hydrogens (tertiary/aromatic N) is 1. The second kappa shape index (κ2) is 3.23. The van der Waals surface area contributed by atoms with Crippen LogP contribution >= 0.6 is 0 Å². The average molecular weight is 121 g/mol. The van der Waals surface area contributed by atoms with Crippen molar-refractivity contribution < 1.29 is 0 Å². The van der Waals surface area contributed by atoms with Gasteiger partial charge in [0.15, 0.2) is 0 Å². The lowest BCUT2D eigenvalue weighted by molar-refractivity contribution is 0.975. The van der Waals surface area contributed by atoms with Crippen LogP contribution in [0.3, 0.4) is 0 Å². The quantitative estimate of drug-likeness (QED) is 0.466. The zero-order chi connectivity index (χ0) is 6.53. The molecule has 1 rings (SSSR count). The van der Waals surface area contributed by atoms with E-state index >= 15 is 0 Å². The lowest BCUT2D eigenvalue weighted by Gasteiger charge is -1.95. The molecule has 0 aromatic heterocycles. The Morgan fingerprint density at radius 2 is 2.44 bits per heavy atom. The minimum Gasteiger partial charge on any atom is -0.265 e. The molecular formula is C8H11N. The van der Waals surface area contributed by atoms with Crippen molar-refractivity contribution in [3.05, 3.63) is 23.9 Å². The van der Waals surface area contributed by atoms with E-state index in [1.54, 1.807) is 0 Å². The minimum atomic E-state index is 1.12. The largest absolute Gasteiger partial charge is 0.265 e. The molecule has 0 saturated carbocycles. The first-order chi connectivity index (χ1) is 4.39. The Labute approximate surface area is 55.8 Å². The third-order valence-electron chi connectivity index (χ3n) is 1.34. The Morgan fingerprint density at radius 3 is 3.33 bits per heavy atom. The van der Waals surface area contributed by atoms with Gasteiger partial charge < -0.3 is 0 Å². The summed E-state index contributed by atoms with van der Waals surface area (Å²) >= 11 is 0. The Bertz CT molecular complexity index is 163. The van der Waals surface area contributed by atoms with Gasteiger partial charge in [-0.15, -0.1) is 0 Å². The number of aliphatic imine (C=N–C) groups is 1. The molecule has 9 heavy (non-hydrogen) atoms. The molecule has 0 fully saturated rings. The van der Waals surface area contributed by atoms with Crippen LogP contribution in [0.5, 0.6) is 0 Å². The fourth-order valence-electron chi connectivity index (χ4n) is 0.750. The monoisotopic (exact) mass is 121 g/mol. The minimum absolute atomic E-state index is 1.12. The summed E-state index contributed by atoms with van der Waals surface area (Å²) in [5.41, 5.74) is 1.41. The standard InChI is InChI=1S/C8H11N/c1-8-4-2-3-6-9-7-5-8/h3,5-7H,2,4H2,1H3. The molecule has 0 radical (unpaired) electrons. The number of rotatable bonds is 0. The molecule has 0 aromatic carbocycles. The van der Waals surface area contributed by atoms with E-state index in [1.165, 1.54) is 12.0 Å². The van der Waals surface area contributed by atoms with Crippen molar-refractivity contribution in [3.63, 3.8) is 0 Å². The third kappa shape index (κ3) is 2.27. The van der Waals surface area contributed by atoms with Crippen LogP contribution in [0.25, 0.3) is 0 Å². The predicted molar refractivity (Wildman–Crippen MR) is 40.6 cm³/mol. The van der Waals surface area contributed by atoms with E-state index in [0.29, 0.717) is 0 Å². The van der Waals surface area contributed by atoms with Gasteiger partial charge in [-0.1, -0.05) is 11.6 Å². The van der Waals surface area contributed by atoms with Crippen molar-refractivity contribution in [1.82, 2.24) is 0 Å². The Hall–Kier alpha value is -0.850. The van der Waals surface area contributed by atoms with Gasteiger partial charge in [0.2, 0.25) is 0 Å². The van der Waals surface area contributed by atoms with Crippen LogP contribution in [0.4, 0.5) is 0 Å². The average Bonchev–Trinajstić information content (AvgIpc) is 1.79. The molecule has 0 bridgehead atoms. The maximum Gasteiger partial charge on any atom is 0.0267 e. The lowest BCUT2D eigenvalue weighted by atomic mass is 10.1. The molecule has 0 unspecified atom stereocenters. The molecule has 1 heterocycles. The van der Waals surface area contributed by atoms with Crippen molar-refractivity contribution in [2.24, 2.45) is 4.99 Å². The van der Waals surface area contributed by atoms with Gasteiger partial charge in [-0.3, -0.25) is 4.99 Å². The normalized spacial score (nSPS) is 18.6. The summed E-state index contributed by atoms with van der Waals surface area (Å²) in [5.74, 6) is 0.